The van der Waals surface area contributed by atoms with Gasteiger partial charge in [0.15, 0.2) is 0 Å². The molecule has 2 aromatic carbocycles. The van der Waals surface area contributed by atoms with Crippen molar-refractivity contribution in [2.24, 2.45) is 0 Å². The highest BCUT2D eigenvalue weighted by molar-refractivity contribution is 5.84. The summed E-state index contributed by atoms with van der Waals surface area (Å²) in [4.78, 5) is 103. The zero-order valence-corrected chi connectivity index (χ0v) is 39.3. The molecule has 0 saturated carbocycles. The van der Waals surface area contributed by atoms with Crippen LogP contribution in [0.1, 0.15) is 126 Å². The number of alkyl carbamates (subject to hydrolysis) is 3. The molecular weight excluding hydrogens is 851 g/mol. The minimum absolute atomic E-state index is 0.0409. The predicted octanol–water partition coefficient (Wildman–Crippen LogP) is 6.81. The first-order chi connectivity index (χ1) is 30.0. The van der Waals surface area contributed by atoms with Gasteiger partial charge in [0, 0.05) is 19.3 Å². The van der Waals surface area contributed by atoms with Gasteiger partial charge in [-0.25, -0.2) is 28.8 Å². The van der Waals surface area contributed by atoms with Gasteiger partial charge in [-0.15, -0.1) is 0 Å². The molecule has 0 unspecified atom stereocenters. The van der Waals surface area contributed by atoms with Crippen LogP contribution in [0.2, 0.25) is 0 Å². The van der Waals surface area contributed by atoms with E-state index in [4.69, 9.17) is 33.9 Å². The average Bonchev–Trinajstić information content (AvgIpc) is 3.16. The molecule has 5 N–H and O–H groups in total. The second-order valence-electron chi connectivity index (χ2n) is 17.5. The third-order valence-corrected chi connectivity index (χ3v) is 7.60. The lowest BCUT2D eigenvalue weighted by Gasteiger charge is -2.22. The van der Waals surface area contributed by atoms with Crippen LogP contribution in [0.4, 0.5) is 14.4 Å². The highest BCUT2D eigenvalue weighted by Crippen LogP contribution is 2.12. The van der Waals surface area contributed by atoms with E-state index >= 15 is 0 Å². The lowest BCUT2D eigenvalue weighted by atomic mass is 10.1. The zero-order valence-electron chi connectivity index (χ0n) is 39.3. The number of Topliss-reactive ketones (excluding diaryl/α,β-unsaturated/α-hetero) is 2. The highest BCUT2D eigenvalue weighted by Gasteiger charge is 2.28. The molecule has 19 heteroatoms. The van der Waals surface area contributed by atoms with Gasteiger partial charge in [0.2, 0.25) is 0 Å². The largest absolute Gasteiger partial charge is 0.481 e. The van der Waals surface area contributed by atoms with E-state index in [9.17, 15) is 43.2 Å². The van der Waals surface area contributed by atoms with E-state index in [0.29, 0.717) is 0 Å². The number of carbonyl (C=O) groups is 9. The molecule has 19 nitrogen and oxygen atoms in total. The Bertz CT molecular complexity index is 1750. The van der Waals surface area contributed by atoms with Gasteiger partial charge in [-0.2, -0.15) is 0 Å². The predicted molar refractivity (Wildman–Crippen MR) is 236 cm³/mol. The van der Waals surface area contributed by atoms with Gasteiger partial charge in [0.1, 0.15) is 59.7 Å². The van der Waals surface area contributed by atoms with Crippen LogP contribution >= 0.6 is 0 Å². The molecule has 0 aromatic heterocycles. The Labute approximate surface area is 380 Å². The summed E-state index contributed by atoms with van der Waals surface area (Å²) in [6, 6.07) is 15.1. The number of rotatable bonds is 19. The molecule has 0 spiro atoms. The van der Waals surface area contributed by atoms with E-state index in [0.717, 1.165) is 11.1 Å². The summed E-state index contributed by atoms with van der Waals surface area (Å²) in [5, 5.41) is 24.7. The summed E-state index contributed by atoms with van der Waals surface area (Å²) < 4.78 is 25.5. The van der Waals surface area contributed by atoms with Gasteiger partial charge >= 0.3 is 42.2 Å². The summed E-state index contributed by atoms with van der Waals surface area (Å²) in [6.07, 6.45) is -2.17. The molecule has 0 radical (unpaired) electrons. The summed E-state index contributed by atoms with van der Waals surface area (Å²) >= 11 is 0. The fourth-order valence-corrected chi connectivity index (χ4v) is 4.73. The number of carboxylic acid groups (broad SMARTS) is 2. The standard InChI is InChI=1S/C18H25NO5.C17H23NO6.C11H19NO5/c1-13(20)10-11-15(19-17(22)24-18(2,3)4)16(21)23-12-14-8-6-5-7-9-14;1-17(2,3)24-16(22)18-13(9-10-14(19)20)15(21)23-11-12-7-5-4-6-8-12;1-7(13)5-6-8(9(14)15)12-10(16)17-11(2,3)4/h5-9,15H,10-12H2,1-4H3,(H,19,22);4-8,13H,9-11H2,1-3H3,(H,18,22)(H,19,20);8H,5-6H2,1-4H3,(H,12,16)(H,14,15)/t15-;13-;8-/m111/s1. The van der Waals surface area contributed by atoms with Crippen LogP contribution in [0, 0.1) is 0 Å². The van der Waals surface area contributed by atoms with Crippen LogP contribution in [-0.2, 0) is 65.7 Å². The Morgan fingerprint density at radius 2 is 0.769 bits per heavy atom. The third kappa shape index (κ3) is 32.8. The van der Waals surface area contributed by atoms with E-state index < -0.39 is 77.1 Å². The Morgan fingerprint density at radius 3 is 1.05 bits per heavy atom. The van der Waals surface area contributed by atoms with Gasteiger partial charge in [0.25, 0.3) is 0 Å². The second kappa shape index (κ2) is 29.0. The van der Waals surface area contributed by atoms with Crippen molar-refractivity contribution in [2.75, 3.05) is 0 Å². The first kappa shape index (κ1) is 58.5. The van der Waals surface area contributed by atoms with Crippen molar-refractivity contribution in [2.45, 2.75) is 163 Å². The van der Waals surface area contributed by atoms with Crippen molar-refractivity contribution in [1.82, 2.24) is 16.0 Å². The normalized spacial score (nSPS) is 12.3. The Hall–Kier alpha value is -6.53. The lowest BCUT2D eigenvalue weighted by Crippen LogP contribution is -2.44. The number of carboxylic acids is 2. The van der Waals surface area contributed by atoms with E-state index in [1.165, 1.54) is 13.8 Å². The fourth-order valence-electron chi connectivity index (χ4n) is 4.73. The molecular formula is C46H67N3O16. The first-order valence-electron chi connectivity index (χ1n) is 20.8. The Kier molecular flexibility index (Phi) is 26.1. The topological polar surface area (TPSA) is 276 Å². The molecule has 3 atom stereocenters. The lowest BCUT2D eigenvalue weighted by molar-refractivity contribution is -0.149. The van der Waals surface area contributed by atoms with E-state index in [2.05, 4.69) is 16.0 Å². The van der Waals surface area contributed by atoms with E-state index in [-0.39, 0.29) is 63.3 Å². The number of benzene rings is 2. The quantitative estimate of drug-likeness (QED) is 0.0714. The number of amides is 3. The van der Waals surface area contributed by atoms with Gasteiger partial charge in [-0.3, -0.25) is 4.79 Å². The van der Waals surface area contributed by atoms with Crippen molar-refractivity contribution < 1.29 is 77.0 Å². The number of esters is 2. The van der Waals surface area contributed by atoms with Gasteiger partial charge in [-0.05, 0) is 107 Å². The van der Waals surface area contributed by atoms with Crippen molar-refractivity contribution in [3.8, 4) is 0 Å². The van der Waals surface area contributed by atoms with Crippen LogP contribution in [0.15, 0.2) is 60.7 Å². The van der Waals surface area contributed by atoms with Crippen molar-refractivity contribution >= 4 is 53.7 Å². The molecule has 2 rings (SSSR count). The molecule has 0 bridgehead atoms. The fraction of sp³-hybridized carbons (Fsp3) is 0.543. The SMILES string of the molecule is CC(=O)CC[C@@H](NC(=O)OC(C)(C)C)C(=O)O.CC(=O)CC[C@@H](NC(=O)OC(C)(C)C)C(=O)OCc1ccccc1.CC(C)(C)OC(=O)N[C@H](CCC(=O)O)C(=O)OCc1ccccc1. The van der Waals surface area contributed by atoms with Crippen LogP contribution in [0.25, 0.3) is 0 Å². The second-order valence-corrected chi connectivity index (χ2v) is 17.5. The van der Waals surface area contributed by atoms with Crippen LogP contribution in [-0.4, -0.2) is 98.9 Å². The average molecular weight is 918 g/mol. The van der Waals surface area contributed by atoms with E-state index in [1.54, 1.807) is 74.4 Å². The van der Waals surface area contributed by atoms with Crippen LogP contribution < -0.4 is 16.0 Å². The minimum Gasteiger partial charge on any atom is -0.481 e. The molecule has 362 valence electrons. The van der Waals surface area contributed by atoms with Crippen molar-refractivity contribution in [3.05, 3.63) is 71.8 Å². The maximum atomic E-state index is 12.2. The zero-order chi connectivity index (χ0) is 50.0. The smallest absolute Gasteiger partial charge is 0.408 e. The molecule has 0 saturated heterocycles. The highest BCUT2D eigenvalue weighted by atomic mass is 16.6. The Balaban J connectivity index is 0.000000963. The molecule has 65 heavy (non-hydrogen) atoms. The molecule has 0 aliphatic heterocycles. The number of ether oxygens (including phenoxy) is 5. The first-order valence-corrected chi connectivity index (χ1v) is 20.8. The third-order valence-electron chi connectivity index (χ3n) is 7.60. The summed E-state index contributed by atoms with van der Waals surface area (Å²) in [7, 11) is 0. The Morgan fingerprint density at radius 1 is 0.477 bits per heavy atom. The summed E-state index contributed by atoms with van der Waals surface area (Å²) in [6.45, 7) is 18.2. The molecule has 0 aliphatic carbocycles. The van der Waals surface area contributed by atoms with Gasteiger partial charge < -0.3 is 59.4 Å². The maximum absolute atomic E-state index is 12.2. The molecule has 3 amide bonds. The van der Waals surface area contributed by atoms with Crippen LogP contribution in [0.3, 0.4) is 0 Å². The maximum Gasteiger partial charge on any atom is 0.408 e. The molecule has 2 aromatic rings. The summed E-state index contributed by atoms with van der Waals surface area (Å²) in [5.74, 6) is -3.74. The molecule has 0 fully saturated rings. The number of carbonyl (C=O) groups excluding carboxylic acids is 7. The number of aliphatic carboxylic acids is 2. The number of nitrogens with one attached hydrogen (secondary N) is 3. The van der Waals surface area contributed by atoms with Gasteiger partial charge in [0.05, 0.1) is 0 Å². The number of hydrogen-bond donors (Lipinski definition) is 5. The molecule has 0 heterocycles. The number of hydrogen-bond acceptors (Lipinski definition) is 14. The monoisotopic (exact) mass is 917 g/mol. The molecule has 0 aliphatic rings. The minimum atomic E-state index is -1.18. The van der Waals surface area contributed by atoms with Crippen LogP contribution in [0.5, 0.6) is 0 Å². The summed E-state index contributed by atoms with van der Waals surface area (Å²) in [5.41, 5.74) is -0.458. The number of ketones is 2. The van der Waals surface area contributed by atoms with Gasteiger partial charge in [-0.1, -0.05) is 60.7 Å². The van der Waals surface area contributed by atoms with Crippen molar-refractivity contribution in [3.63, 3.8) is 0 Å². The van der Waals surface area contributed by atoms with E-state index in [1.807, 2.05) is 48.5 Å². The van der Waals surface area contributed by atoms with Crippen molar-refractivity contribution in [1.29, 1.82) is 0 Å².